The molecule has 0 fully saturated rings. The highest BCUT2D eigenvalue weighted by Gasteiger charge is 2.20. The number of nitrogens with one attached hydrogen (secondary N) is 1. The fourth-order valence-corrected chi connectivity index (χ4v) is 1.41. The molecule has 0 radical (unpaired) electrons. The molecule has 1 amide bonds. The van der Waals surface area contributed by atoms with Crippen molar-refractivity contribution in [2.24, 2.45) is 11.7 Å². The molecule has 1 aromatic rings. The molecule has 88 valence electrons. The molecule has 1 aromatic heterocycles. The van der Waals surface area contributed by atoms with E-state index in [9.17, 15) is 4.79 Å². The topological polar surface area (TPSA) is 80.9 Å². The smallest absolute Gasteiger partial charge is 0.240 e. The Labute approximate surface area is 99.4 Å². The number of rotatable bonds is 4. The van der Waals surface area contributed by atoms with Crippen LogP contribution in [-0.2, 0) is 4.79 Å². The number of aryl methyl sites for hydroxylation is 1. The molecule has 6 heteroatoms. The third-order valence-corrected chi connectivity index (χ3v) is 2.39. The Morgan fingerprint density at radius 1 is 1.56 bits per heavy atom. The zero-order valence-electron chi connectivity index (χ0n) is 9.49. The zero-order chi connectivity index (χ0) is 12.3. The lowest BCUT2D eigenvalue weighted by molar-refractivity contribution is -0.119. The number of aromatic nitrogens is 2. The van der Waals surface area contributed by atoms with Gasteiger partial charge >= 0.3 is 0 Å². The summed E-state index contributed by atoms with van der Waals surface area (Å²) < 4.78 is 0. The van der Waals surface area contributed by atoms with E-state index in [1.807, 2.05) is 20.8 Å². The van der Waals surface area contributed by atoms with E-state index in [0.29, 0.717) is 5.82 Å². The number of nitrogens with zero attached hydrogens (tertiary/aromatic N) is 2. The van der Waals surface area contributed by atoms with Gasteiger partial charge in [0.25, 0.3) is 0 Å². The molecule has 1 rings (SSSR count). The summed E-state index contributed by atoms with van der Waals surface area (Å²) in [5.41, 5.74) is 6.11. The quantitative estimate of drug-likeness (QED) is 0.782. The monoisotopic (exact) mass is 242 g/mol. The average Bonchev–Trinajstić information content (AvgIpc) is 2.18. The molecule has 0 aliphatic rings. The lowest BCUT2D eigenvalue weighted by Gasteiger charge is -2.20. The molecule has 5 nitrogen and oxygen atoms in total. The Balaban J connectivity index is 2.93. The maximum absolute atomic E-state index is 11.2. The van der Waals surface area contributed by atoms with E-state index in [-0.39, 0.29) is 11.2 Å². The lowest BCUT2D eigenvalue weighted by Crippen LogP contribution is -2.40. The molecule has 1 heterocycles. The predicted octanol–water partition coefficient (Wildman–Crippen LogP) is 1.36. The maximum atomic E-state index is 11.2. The summed E-state index contributed by atoms with van der Waals surface area (Å²) in [6.45, 7) is 5.64. The molecule has 0 aliphatic heterocycles. The van der Waals surface area contributed by atoms with Gasteiger partial charge in [-0.05, 0) is 24.4 Å². The summed E-state index contributed by atoms with van der Waals surface area (Å²) in [4.78, 5) is 19.1. The molecule has 0 saturated carbocycles. The van der Waals surface area contributed by atoms with E-state index in [1.165, 1.54) is 0 Å². The Kier molecular flexibility index (Phi) is 4.06. The van der Waals surface area contributed by atoms with Crippen molar-refractivity contribution in [1.29, 1.82) is 0 Å². The minimum Gasteiger partial charge on any atom is -0.368 e. The minimum atomic E-state index is -0.468. The van der Waals surface area contributed by atoms with Crippen LogP contribution in [0, 0.1) is 12.8 Å². The third-order valence-electron chi connectivity index (χ3n) is 2.21. The number of carbonyl (C=O) groups excluding carboxylic acids is 1. The van der Waals surface area contributed by atoms with Gasteiger partial charge in [0.1, 0.15) is 11.9 Å². The van der Waals surface area contributed by atoms with Gasteiger partial charge in [0.15, 0.2) is 0 Å². The molecular formula is C10H15ClN4O. The second-order valence-corrected chi connectivity index (χ2v) is 4.28. The van der Waals surface area contributed by atoms with Crippen molar-refractivity contribution in [1.82, 2.24) is 9.97 Å². The number of nitrogens with two attached hydrogens (primary N) is 1. The molecule has 1 unspecified atom stereocenters. The van der Waals surface area contributed by atoms with Crippen LogP contribution in [0.3, 0.4) is 0 Å². The highest BCUT2D eigenvalue weighted by atomic mass is 35.5. The highest BCUT2D eigenvalue weighted by Crippen LogP contribution is 2.16. The van der Waals surface area contributed by atoms with Crippen molar-refractivity contribution in [3.8, 4) is 0 Å². The third kappa shape index (κ3) is 3.06. The normalized spacial score (nSPS) is 12.6. The summed E-state index contributed by atoms with van der Waals surface area (Å²) in [5, 5.41) is 3.12. The molecule has 16 heavy (non-hydrogen) atoms. The van der Waals surface area contributed by atoms with Gasteiger partial charge in [0, 0.05) is 11.8 Å². The van der Waals surface area contributed by atoms with Crippen molar-refractivity contribution in [2.75, 3.05) is 5.32 Å². The Hall–Kier alpha value is -1.36. The van der Waals surface area contributed by atoms with Gasteiger partial charge in [-0.3, -0.25) is 4.79 Å². The van der Waals surface area contributed by atoms with E-state index < -0.39 is 11.9 Å². The van der Waals surface area contributed by atoms with Crippen LogP contribution in [0.25, 0.3) is 0 Å². The van der Waals surface area contributed by atoms with Gasteiger partial charge in [-0.15, -0.1) is 0 Å². The number of anilines is 1. The van der Waals surface area contributed by atoms with Crippen LogP contribution in [0.5, 0.6) is 0 Å². The number of carbonyl (C=O) groups is 1. The van der Waals surface area contributed by atoms with Crippen molar-refractivity contribution in [2.45, 2.75) is 26.8 Å². The van der Waals surface area contributed by atoms with E-state index in [1.54, 1.807) is 6.20 Å². The van der Waals surface area contributed by atoms with Gasteiger partial charge in [0.05, 0.1) is 0 Å². The molecule has 1 atom stereocenters. The van der Waals surface area contributed by atoms with E-state index in [2.05, 4.69) is 15.3 Å². The number of hydrogen-bond acceptors (Lipinski definition) is 4. The summed E-state index contributed by atoms with van der Waals surface area (Å²) >= 11 is 5.68. The van der Waals surface area contributed by atoms with E-state index >= 15 is 0 Å². The molecule has 0 bridgehead atoms. The summed E-state index contributed by atoms with van der Waals surface area (Å²) in [7, 11) is 0. The summed E-state index contributed by atoms with van der Waals surface area (Å²) in [6, 6.07) is -0.468. The van der Waals surface area contributed by atoms with Crippen molar-refractivity contribution >= 4 is 23.3 Å². The standard InChI is InChI=1S/C10H15ClN4O/c1-5(2)7(8(12)16)14-9-6(3)4-13-10(11)15-9/h4-5,7H,1-3H3,(H2,12,16)(H,13,14,15). The second-order valence-electron chi connectivity index (χ2n) is 3.94. The maximum Gasteiger partial charge on any atom is 0.240 e. The van der Waals surface area contributed by atoms with Gasteiger partial charge in [-0.25, -0.2) is 9.97 Å². The first kappa shape index (κ1) is 12.7. The first-order chi connectivity index (χ1) is 7.41. The van der Waals surface area contributed by atoms with Crippen LogP contribution in [-0.4, -0.2) is 21.9 Å². The summed E-state index contributed by atoms with van der Waals surface area (Å²) in [5.74, 6) is 0.201. The first-order valence-electron chi connectivity index (χ1n) is 4.96. The van der Waals surface area contributed by atoms with Crippen LogP contribution >= 0.6 is 11.6 Å². The van der Waals surface area contributed by atoms with Crippen LogP contribution in [0.15, 0.2) is 6.20 Å². The zero-order valence-corrected chi connectivity index (χ0v) is 10.2. The Morgan fingerprint density at radius 3 is 2.69 bits per heavy atom. The Morgan fingerprint density at radius 2 is 2.19 bits per heavy atom. The molecule has 0 aromatic carbocycles. The number of halogens is 1. The second kappa shape index (κ2) is 5.12. The fraction of sp³-hybridized carbons (Fsp3) is 0.500. The number of hydrogen-bond donors (Lipinski definition) is 2. The average molecular weight is 243 g/mol. The van der Waals surface area contributed by atoms with Gasteiger partial charge < -0.3 is 11.1 Å². The van der Waals surface area contributed by atoms with Gasteiger partial charge in [-0.1, -0.05) is 13.8 Å². The highest BCUT2D eigenvalue weighted by molar-refractivity contribution is 6.28. The van der Waals surface area contributed by atoms with Crippen LogP contribution in [0.1, 0.15) is 19.4 Å². The van der Waals surface area contributed by atoms with Crippen molar-refractivity contribution in [3.05, 3.63) is 17.0 Å². The molecule has 0 saturated heterocycles. The van der Waals surface area contributed by atoms with E-state index in [0.717, 1.165) is 5.56 Å². The fourth-order valence-electron chi connectivity index (χ4n) is 1.28. The molecule has 3 N–H and O–H groups in total. The molecule has 0 aliphatic carbocycles. The van der Waals surface area contributed by atoms with Crippen LogP contribution in [0.2, 0.25) is 5.28 Å². The van der Waals surface area contributed by atoms with E-state index in [4.69, 9.17) is 17.3 Å². The van der Waals surface area contributed by atoms with Crippen molar-refractivity contribution < 1.29 is 4.79 Å². The lowest BCUT2D eigenvalue weighted by atomic mass is 10.0. The van der Waals surface area contributed by atoms with Crippen molar-refractivity contribution in [3.63, 3.8) is 0 Å². The number of amides is 1. The van der Waals surface area contributed by atoms with Gasteiger partial charge in [-0.2, -0.15) is 0 Å². The first-order valence-corrected chi connectivity index (χ1v) is 5.34. The van der Waals surface area contributed by atoms with Gasteiger partial charge in [0.2, 0.25) is 11.2 Å². The molecule has 0 spiro atoms. The van der Waals surface area contributed by atoms with Crippen LogP contribution < -0.4 is 11.1 Å². The minimum absolute atomic E-state index is 0.0747. The van der Waals surface area contributed by atoms with Crippen LogP contribution in [0.4, 0.5) is 5.82 Å². The largest absolute Gasteiger partial charge is 0.368 e. The Bertz CT molecular complexity index is 394. The summed E-state index contributed by atoms with van der Waals surface area (Å²) in [6.07, 6.45) is 1.59. The predicted molar refractivity (Wildman–Crippen MR) is 63.2 cm³/mol. The number of primary amides is 1. The molecular weight excluding hydrogens is 228 g/mol. The SMILES string of the molecule is Cc1cnc(Cl)nc1NC(C(N)=O)C(C)C.